The van der Waals surface area contributed by atoms with Crippen molar-refractivity contribution in [1.82, 2.24) is 0 Å². The Balaban J connectivity index is 3.15. The summed E-state index contributed by atoms with van der Waals surface area (Å²) in [5.74, 6) is -0.584. The molecule has 1 rings (SSSR count). The molecule has 0 amide bonds. The SMILES string of the molecule is CCCNc1ccc(C(=N)N)c(C(F)(F)F)c1. The molecule has 0 saturated heterocycles. The number of hydrogen-bond acceptors (Lipinski definition) is 2. The van der Waals surface area contributed by atoms with Crippen LogP contribution in [0, 0.1) is 5.41 Å². The molecule has 0 saturated carbocycles. The number of alkyl halides is 3. The molecular formula is C11H14F3N3. The lowest BCUT2D eigenvalue weighted by atomic mass is 10.1. The maximum absolute atomic E-state index is 12.7. The number of nitrogens with two attached hydrogens (primary N) is 1. The zero-order valence-corrected chi connectivity index (χ0v) is 9.36. The first-order chi connectivity index (χ1) is 7.86. The summed E-state index contributed by atoms with van der Waals surface area (Å²) in [5.41, 5.74) is 4.33. The molecular weight excluding hydrogens is 231 g/mol. The molecule has 0 fully saturated rings. The molecule has 0 aromatic heterocycles. The minimum Gasteiger partial charge on any atom is -0.385 e. The van der Waals surface area contributed by atoms with E-state index in [1.807, 2.05) is 6.92 Å². The zero-order chi connectivity index (χ0) is 13.1. The molecule has 0 radical (unpaired) electrons. The van der Waals surface area contributed by atoms with E-state index < -0.39 is 17.6 Å². The van der Waals surface area contributed by atoms with Crippen LogP contribution < -0.4 is 11.1 Å². The minimum absolute atomic E-state index is 0.292. The highest BCUT2D eigenvalue weighted by Gasteiger charge is 2.34. The zero-order valence-electron chi connectivity index (χ0n) is 9.36. The predicted octanol–water partition coefficient (Wildman–Crippen LogP) is 2.81. The van der Waals surface area contributed by atoms with Gasteiger partial charge >= 0.3 is 6.18 Å². The van der Waals surface area contributed by atoms with Crippen molar-refractivity contribution < 1.29 is 13.2 Å². The lowest BCUT2D eigenvalue weighted by Crippen LogP contribution is -2.19. The van der Waals surface area contributed by atoms with Crippen LogP contribution in [0.25, 0.3) is 0 Å². The van der Waals surface area contributed by atoms with Gasteiger partial charge in [0.2, 0.25) is 0 Å². The summed E-state index contributed by atoms with van der Waals surface area (Å²) < 4.78 is 38.2. The van der Waals surface area contributed by atoms with Gasteiger partial charge in [0.15, 0.2) is 0 Å². The number of rotatable bonds is 4. The number of hydrogen-bond donors (Lipinski definition) is 3. The van der Waals surface area contributed by atoms with Crippen LogP contribution >= 0.6 is 0 Å². The Kier molecular flexibility index (Phi) is 3.98. The normalized spacial score (nSPS) is 11.3. The maximum Gasteiger partial charge on any atom is 0.417 e. The van der Waals surface area contributed by atoms with Crippen LogP contribution in [0.4, 0.5) is 18.9 Å². The molecule has 0 aliphatic carbocycles. The van der Waals surface area contributed by atoms with Gasteiger partial charge in [-0.3, -0.25) is 5.41 Å². The van der Waals surface area contributed by atoms with E-state index in [0.29, 0.717) is 12.2 Å². The van der Waals surface area contributed by atoms with Crippen LogP contribution in [0.3, 0.4) is 0 Å². The molecule has 6 heteroatoms. The van der Waals surface area contributed by atoms with Crippen LogP contribution in [-0.4, -0.2) is 12.4 Å². The van der Waals surface area contributed by atoms with E-state index in [4.69, 9.17) is 11.1 Å². The lowest BCUT2D eigenvalue weighted by molar-refractivity contribution is -0.137. The molecule has 94 valence electrons. The van der Waals surface area contributed by atoms with Gasteiger partial charge in [0.05, 0.1) is 5.56 Å². The van der Waals surface area contributed by atoms with Gasteiger partial charge in [-0.05, 0) is 24.6 Å². The van der Waals surface area contributed by atoms with Crippen molar-refractivity contribution in [1.29, 1.82) is 5.41 Å². The Hall–Kier alpha value is -1.72. The Morgan fingerprint density at radius 1 is 1.41 bits per heavy atom. The van der Waals surface area contributed by atoms with Crippen LogP contribution in [-0.2, 0) is 6.18 Å². The molecule has 0 unspecified atom stereocenters. The molecule has 17 heavy (non-hydrogen) atoms. The summed E-state index contributed by atoms with van der Waals surface area (Å²) in [5, 5.41) is 9.98. The van der Waals surface area contributed by atoms with Gasteiger partial charge in [0.1, 0.15) is 5.84 Å². The number of nitrogen functional groups attached to an aromatic ring is 1. The van der Waals surface area contributed by atoms with Crippen LogP contribution in [0.2, 0.25) is 0 Å². The van der Waals surface area contributed by atoms with E-state index in [9.17, 15) is 13.2 Å². The van der Waals surface area contributed by atoms with E-state index in [0.717, 1.165) is 12.5 Å². The third-order valence-corrected chi connectivity index (χ3v) is 2.19. The quantitative estimate of drug-likeness (QED) is 0.564. The molecule has 1 aromatic carbocycles. The topological polar surface area (TPSA) is 61.9 Å². The molecule has 0 atom stereocenters. The van der Waals surface area contributed by atoms with Crippen molar-refractivity contribution in [2.24, 2.45) is 5.73 Å². The number of benzene rings is 1. The summed E-state index contributed by atoms with van der Waals surface area (Å²) >= 11 is 0. The van der Waals surface area contributed by atoms with Crippen molar-refractivity contribution in [3.05, 3.63) is 29.3 Å². The van der Waals surface area contributed by atoms with Crippen molar-refractivity contribution >= 4 is 11.5 Å². The fourth-order valence-electron chi connectivity index (χ4n) is 1.39. The summed E-state index contributed by atoms with van der Waals surface area (Å²) in [4.78, 5) is 0. The lowest BCUT2D eigenvalue weighted by Gasteiger charge is -2.14. The molecule has 0 bridgehead atoms. The molecule has 4 N–H and O–H groups in total. The summed E-state index contributed by atoms with van der Waals surface area (Å²) in [6.45, 7) is 2.51. The van der Waals surface area contributed by atoms with E-state index >= 15 is 0 Å². The van der Waals surface area contributed by atoms with Gasteiger partial charge < -0.3 is 11.1 Å². The second kappa shape index (κ2) is 5.07. The number of nitrogens with one attached hydrogen (secondary N) is 2. The molecule has 0 heterocycles. The standard InChI is InChI=1S/C11H14F3N3/c1-2-5-17-7-3-4-8(10(15)16)9(6-7)11(12,13)14/h3-4,6,17H,2,5H2,1H3,(H3,15,16). The second-order valence-electron chi connectivity index (χ2n) is 3.60. The van der Waals surface area contributed by atoms with Gasteiger partial charge in [0.25, 0.3) is 0 Å². The molecule has 3 nitrogen and oxygen atoms in total. The fraction of sp³-hybridized carbons (Fsp3) is 0.364. The minimum atomic E-state index is -4.51. The Labute approximate surface area is 97.3 Å². The van der Waals surface area contributed by atoms with Gasteiger partial charge in [-0.1, -0.05) is 6.92 Å². The Bertz CT molecular complexity index is 413. The maximum atomic E-state index is 12.7. The summed E-state index contributed by atoms with van der Waals surface area (Å²) in [6, 6.07) is 3.68. The number of amidine groups is 1. The highest BCUT2D eigenvalue weighted by molar-refractivity contribution is 5.97. The molecule has 1 aromatic rings. The van der Waals surface area contributed by atoms with Crippen LogP contribution in [0.5, 0.6) is 0 Å². The fourth-order valence-corrected chi connectivity index (χ4v) is 1.39. The van der Waals surface area contributed by atoms with Crippen LogP contribution in [0.15, 0.2) is 18.2 Å². The number of anilines is 1. The van der Waals surface area contributed by atoms with Gasteiger partial charge in [0, 0.05) is 17.8 Å². The molecule has 0 aliphatic heterocycles. The summed E-state index contributed by atoms with van der Waals surface area (Å²) in [6.07, 6.45) is -3.69. The van der Waals surface area contributed by atoms with Gasteiger partial charge in [-0.2, -0.15) is 13.2 Å². The largest absolute Gasteiger partial charge is 0.417 e. The third-order valence-electron chi connectivity index (χ3n) is 2.19. The average Bonchev–Trinajstić information content (AvgIpc) is 2.24. The predicted molar refractivity (Wildman–Crippen MR) is 61.2 cm³/mol. The molecule has 0 aliphatic rings. The monoisotopic (exact) mass is 245 g/mol. The van der Waals surface area contributed by atoms with Gasteiger partial charge in [-0.25, -0.2) is 0 Å². The first kappa shape index (κ1) is 13.3. The van der Waals surface area contributed by atoms with Crippen molar-refractivity contribution in [2.75, 3.05) is 11.9 Å². The highest BCUT2D eigenvalue weighted by Crippen LogP contribution is 2.33. The molecule has 0 spiro atoms. The number of halogens is 3. The smallest absolute Gasteiger partial charge is 0.385 e. The van der Waals surface area contributed by atoms with Crippen LogP contribution in [0.1, 0.15) is 24.5 Å². The third kappa shape index (κ3) is 3.37. The van der Waals surface area contributed by atoms with Crippen molar-refractivity contribution in [3.63, 3.8) is 0 Å². The van der Waals surface area contributed by atoms with Crippen molar-refractivity contribution in [3.8, 4) is 0 Å². The first-order valence-electron chi connectivity index (χ1n) is 5.15. The highest BCUT2D eigenvalue weighted by atomic mass is 19.4. The van der Waals surface area contributed by atoms with E-state index in [1.54, 1.807) is 0 Å². The van der Waals surface area contributed by atoms with E-state index in [1.165, 1.54) is 12.1 Å². The van der Waals surface area contributed by atoms with E-state index in [2.05, 4.69) is 5.32 Å². The van der Waals surface area contributed by atoms with Gasteiger partial charge in [-0.15, -0.1) is 0 Å². The second-order valence-corrected chi connectivity index (χ2v) is 3.60. The Morgan fingerprint density at radius 2 is 2.06 bits per heavy atom. The van der Waals surface area contributed by atoms with Crippen molar-refractivity contribution in [2.45, 2.75) is 19.5 Å². The Morgan fingerprint density at radius 3 is 2.53 bits per heavy atom. The average molecular weight is 245 g/mol. The first-order valence-corrected chi connectivity index (χ1v) is 5.15. The van der Waals surface area contributed by atoms with E-state index in [-0.39, 0.29) is 5.56 Å². The summed E-state index contributed by atoms with van der Waals surface area (Å²) in [7, 11) is 0.